The first-order chi connectivity index (χ1) is 11.0. The zero-order valence-electron chi connectivity index (χ0n) is 16.6. The zero-order chi connectivity index (χ0) is 18.2. The van der Waals surface area contributed by atoms with Crippen LogP contribution in [0.2, 0.25) is 0 Å². The van der Waals surface area contributed by atoms with Crippen molar-refractivity contribution in [1.29, 1.82) is 0 Å². The van der Waals surface area contributed by atoms with Crippen LogP contribution >= 0.6 is 12.6 Å². The Morgan fingerprint density at radius 3 is 2.50 bits per heavy atom. The molecule has 0 radical (unpaired) electrons. The molecule has 24 heavy (non-hydrogen) atoms. The molecule has 1 unspecified atom stereocenters. The molecule has 2 aliphatic carbocycles. The summed E-state index contributed by atoms with van der Waals surface area (Å²) in [4.78, 5) is 12.0. The molecule has 0 N–H and O–H groups in total. The van der Waals surface area contributed by atoms with Crippen molar-refractivity contribution < 1.29 is 4.79 Å². The number of carbonyl (C=O) groups excluding carboxylic acids is 1. The van der Waals surface area contributed by atoms with E-state index in [1.54, 1.807) is 0 Å². The van der Waals surface area contributed by atoms with Gasteiger partial charge in [-0.25, -0.2) is 0 Å². The van der Waals surface area contributed by atoms with E-state index in [9.17, 15) is 4.79 Å². The van der Waals surface area contributed by atoms with Gasteiger partial charge in [-0.1, -0.05) is 39.7 Å². The summed E-state index contributed by atoms with van der Waals surface area (Å²) < 4.78 is 0.0168. The van der Waals surface area contributed by atoms with Gasteiger partial charge in [0.05, 0.1) is 0 Å². The van der Waals surface area contributed by atoms with Gasteiger partial charge in [0.2, 0.25) is 0 Å². The van der Waals surface area contributed by atoms with Crippen LogP contribution in [0.3, 0.4) is 0 Å². The first-order valence-electron chi connectivity index (χ1n) is 9.87. The average molecular weight is 351 g/mol. The molecule has 0 aromatic heterocycles. The number of carbonyl (C=O) groups is 1. The van der Waals surface area contributed by atoms with E-state index in [0.29, 0.717) is 23.0 Å². The molecule has 2 rings (SSSR count). The molecular formula is C22H38OS. The van der Waals surface area contributed by atoms with E-state index in [2.05, 4.69) is 41.2 Å². The van der Waals surface area contributed by atoms with Crippen molar-refractivity contribution in [3.8, 4) is 0 Å². The monoisotopic (exact) mass is 350 g/mol. The number of rotatable bonds is 2. The number of ketones is 1. The van der Waals surface area contributed by atoms with Crippen LogP contribution in [0.1, 0.15) is 92.4 Å². The number of hydrogen-bond acceptors (Lipinski definition) is 2. The minimum Gasteiger partial charge on any atom is -0.300 e. The minimum atomic E-state index is 0.0168. The minimum absolute atomic E-state index is 0.0168. The summed E-state index contributed by atoms with van der Waals surface area (Å²) in [6.07, 6.45) is 9.82. The third kappa shape index (κ3) is 4.29. The van der Waals surface area contributed by atoms with Crippen molar-refractivity contribution >= 4 is 18.4 Å². The lowest BCUT2D eigenvalue weighted by molar-refractivity contribution is -0.125. The van der Waals surface area contributed by atoms with E-state index < -0.39 is 0 Å². The van der Waals surface area contributed by atoms with Crippen molar-refractivity contribution in [2.24, 2.45) is 22.7 Å². The van der Waals surface area contributed by atoms with Gasteiger partial charge in [-0.15, -0.1) is 6.58 Å². The number of thiol groups is 1. The molecule has 138 valence electrons. The molecule has 5 atom stereocenters. The lowest BCUT2D eigenvalue weighted by Crippen LogP contribution is -2.43. The SMILES string of the molecule is C=C(C)C[C@@]1(C)CCC[C@@]2(C)CCC(=O)C[C@@H]2CC[C@](C)(S)C1C. The molecule has 0 bridgehead atoms. The Hall–Kier alpha value is -0.240. The summed E-state index contributed by atoms with van der Waals surface area (Å²) in [5, 5.41) is 0. The predicted octanol–water partition coefficient (Wildman–Crippen LogP) is 6.62. The van der Waals surface area contributed by atoms with Crippen LogP contribution in [0.15, 0.2) is 12.2 Å². The fraction of sp³-hybridized carbons (Fsp3) is 0.864. The molecule has 2 saturated carbocycles. The summed E-state index contributed by atoms with van der Waals surface area (Å²) in [6, 6.07) is 0. The van der Waals surface area contributed by atoms with Crippen LogP contribution in [0, 0.1) is 22.7 Å². The van der Waals surface area contributed by atoms with Crippen LogP contribution in [0.4, 0.5) is 0 Å². The van der Waals surface area contributed by atoms with E-state index in [-0.39, 0.29) is 10.2 Å². The summed E-state index contributed by atoms with van der Waals surface area (Å²) in [5.74, 6) is 1.58. The smallest absolute Gasteiger partial charge is 0.133 e. The van der Waals surface area contributed by atoms with Gasteiger partial charge in [0.1, 0.15) is 5.78 Å². The van der Waals surface area contributed by atoms with E-state index in [4.69, 9.17) is 12.6 Å². The Kier molecular flexibility index (Phi) is 6.00. The number of Topliss-reactive ketones (excluding diaryl/α,β-unsaturated/α-hetero) is 1. The van der Waals surface area contributed by atoms with E-state index in [1.165, 1.54) is 24.8 Å². The van der Waals surface area contributed by atoms with Gasteiger partial charge in [0.25, 0.3) is 0 Å². The van der Waals surface area contributed by atoms with Crippen molar-refractivity contribution in [1.82, 2.24) is 0 Å². The van der Waals surface area contributed by atoms with Crippen molar-refractivity contribution in [3.63, 3.8) is 0 Å². The summed E-state index contributed by atoms with van der Waals surface area (Å²) >= 11 is 5.14. The van der Waals surface area contributed by atoms with Gasteiger partial charge < -0.3 is 0 Å². The van der Waals surface area contributed by atoms with E-state index >= 15 is 0 Å². The second-order valence-corrected chi connectivity index (χ2v) is 10.9. The zero-order valence-corrected chi connectivity index (χ0v) is 17.5. The van der Waals surface area contributed by atoms with Gasteiger partial charge in [-0.2, -0.15) is 12.6 Å². The summed E-state index contributed by atoms with van der Waals surface area (Å²) in [7, 11) is 0. The normalized spacial score (nSPS) is 44.7. The molecule has 0 aromatic carbocycles. The molecule has 1 nitrogen and oxygen atoms in total. The molecule has 2 heteroatoms. The second-order valence-electron chi connectivity index (χ2n) is 9.85. The van der Waals surface area contributed by atoms with Crippen LogP contribution in [-0.4, -0.2) is 10.5 Å². The van der Waals surface area contributed by atoms with Crippen LogP contribution in [0.25, 0.3) is 0 Å². The van der Waals surface area contributed by atoms with Crippen molar-refractivity contribution in [2.75, 3.05) is 0 Å². The summed E-state index contributed by atoms with van der Waals surface area (Å²) in [5.41, 5.74) is 1.91. The Labute approximate surface area is 155 Å². The fourth-order valence-electron chi connectivity index (χ4n) is 5.51. The highest BCUT2D eigenvalue weighted by molar-refractivity contribution is 7.81. The molecule has 0 amide bonds. The topological polar surface area (TPSA) is 17.1 Å². The first kappa shape index (κ1) is 20.1. The highest BCUT2D eigenvalue weighted by atomic mass is 32.1. The molecule has 0 aliphatic heterocycles. The maximum atomic E-state index is 12.0. The Morgan fingerprint density at radius 1 is 1.21 bits per heavy atom. The lowest BCUT2D eigenvalue weighted by atomic mass is 9.58. The van der Waals surface area contributed by atoms with Gasteiger partial charge in [0.15, 0.2) is 0 Å². The van der Waals surface area contributed by atoms with Gasteiger partial charge >= 0.3 is 0 Å². The number of fused-ring (bicyclic) bond motifs is 1. The van der Waals surface area contributed by atoms with Crippen LogP contribution in [0.5, 0.6) is 0 Å². The molecule has 0 heterocycles. The second kappa shape index (κ2) is 7.17. The van der Waals surface area contributed by atoms with Gasteiger partial charge in [-0.05, 0) is 68.1 Å². The Bertz CT molecular complexity index is 494. The van der Waals surface area contributed by atoms with Crippen molar-refractivity contribution in [2.45, 2.75) is 97.2 Å². The summed E-state index contributed by atoms with van der Waals surface area (Å²) in [6.45, 7) is 16.0. The first-order valence-corrected chi connectivity index (χ1v) is 10.3. The molecule has 0 spiro atoms. The van der Waals surface area contributed by atoms with E-state index in [0.717, 1.165) is 38.5 Å². The highest BCUT2D eigenvalue weighted by Gasteiger charge is 2.45. The third-order valence-electron chi connectivity index (χ3n) is 7.61. The molecule has 0 saturated heterocycles. The fourth-order valence-corrected chi connectivity index (χ4v) is 5.95. The lowest BCUT2D eigenvalue weighted by Gasteiger charge is -2.49. The van der Waals surface area contributed by atoms with Crippen LogP contribution < -0.4 is 0 Å². The highest BCUT2D eigenvalue weighted by Crippen LogP contribution is 2.53. The average Bonchev–Trinajstić information content (AvgIpc) is 2.46. The van der Waals surface area contributed by atoms with Gasteiger partial charge in [0, 0.05) is 17.6 Å². The molecular weight excluding hydrogens is 312 g/mol. The molecule has 0 aromatic rings. The Balaban J connectivity index is 2.27. The maximum Gasteiger partial charge on any atom is 0.133 e. The Morgan fingerprint density at radius 2 is 1.88 bits per heavy atom. The van der Waals surface area contributed by atoms with Gasteiger partial charge in [-0.3, -0.25) is 4.79 Å². The quantitative estimate of drug-likeness (QED) is 0.437. The largest absolute Gasteiger partial charge is 0.300 e. The number of hydrogen-bond donors (Lipinski definition) is 1. The van der Waals surface area contributed by atoms with Crippen molar-refractivity contribution in [3.05, 3.63) is 12.2 Å². The maximum absolute atomic E-state index is 12.0. The van der Waals surface area contributed by atoms with Crippen LogP contribution in [-0.2, 0) is 4.79 Å². The predicted molar refractivity (Wildman–Crippen MR) is 108 cm³/mol. The third-order valence-corrected chi connectivity index (χ3v) is 8.22. The number of allylic oxidation sites excluding steroid dienone is 1. The van der Waals surface area contributed by atoms with E-state index in [1.807, 2.05) is 0 Å². The molecule has 2 fully saturated rings. The molecule has 2 aliphatic rings. The standard InChI is InChI=1S/C22H38OS/c1-16(2)15-21(5)11-7-10-20(4)12-9-19(23)14-18(20)8-13-22(6,24)17(21)3/h17-18,24H,1,7-15H2,2-6H3/t17?,18-,20-,21+,22-/m0/s1.